The van der Waals surface area contributed by atoms with Crippen molar-refractivity contribution >= 4 is 11.6 Å². The van der Waals surface area contributed by atoms with Gasteiger partial charge in [0.2, 0.25) is 0 Å². The van der Waals surface area contributed by atoms with Crippen molar-refractivity contribution in [2.24, 2.45) is 7.05 Å². The van der Waals surface area contributed by atoms with Gasteiger partial charge < -0.3 is 5.11 Å². The molecule has 1 heterocycles. The van der Waals surface area contributed by atoms with Gasteiger partial charge in [0.25, 0.3) is 0 Å². The van der Waals surface area contributed by atoms with Gasteiger partial charge in [-0.3, -0.25) is 4.68 Å². The summed E-state index contributed by atoms with van der Waals surface area (Å²) in [5, 5.41) is 15.8. The molecular formula is C16H21ClN2O. The van der Waals surface area contributed by atoms with Crippen molar-refractivity contribution in [3.63, 3.8) is 0 Å². The molecule has 1 N–H and O–H groups in total. The Bertz CT molecular complexity index is 600. The molecule has 1 atom stereocenters. The maximum Gasteiger partial charge on any atom is 0.0924 e. The van der Waals surface area contributed by atoms with Gasteiger partial charge in [0.1, 0.15) is 0 Å². The summed E-state index contributed by atoms with van der Waals surface area (Å²) in [4.78, 5) is 0. The molecule has 2 aromatic rings. The third-order valence-corrected chi connectivity index (χ3v) is 4.12. The lowest BCUT2D eigenvalue weighted by molar-refractivity contribution is 0.0556. The Morgan fingerprint density at radius 2 is 1.90 bits per heavy atom. The molecule has 0 saturated carbocycles. The Morgan fingerprint density at radius 1 is 1.30 bits per heavy atom. The van der Waals surface area contributed by atoms with E-state index >= 15 is 0 Å². The molecule has 20 heavy (non-hydrogen) atoms. The Kier molecular flexibility index (Phi) is 4.21. The maximum atomic E-state index is 10.8. The van der Waals surface area contributed by atoms with Gasteiger partial charge in [-0.05, 0) is 25.8 Å². The molecular weight excluding hydrogens is 272 g/mol. The molecule has 108 valence electrons. The van der Waals surface area contributed by atoms with Crippen molar-refractivity contribution in [3.8, 4) is 0 Å². The summed E-state index contributed by atoms with van der Waals surface area (Å²) in [6.07, 6.45) is 1.23. The number of aryl methyl sites for hydroxylation is 3. The molecule has 1 aromatic heterocycles. The van der Waals surface area contributed by atoms with Crippen LogP contribution in [0.5, 0.6) is 0 Å². The van der Waals surface area contributed by atoms with E-state index < -0.39 is 5.60 Å². The van der Waals surface area contributed by atoms with Crippen LogP contribution in [0.2, 0.25) is 5.02 Å². The molecule has 0 spiro atoms. The predicted molar refractivity (Wildman–Crippen MR) is 82.0 cm³/mol. The first kappa shape index (κ1) is 15.1. The van der Waals surface area contributed by atoms with Gasteiger partial charge in [-0.25, -0.2) is 0 Å². The number of benzene rings is 1. The van der Waals surface area contributed by atoms with E-state index in [1.165, 1.54) is 5.56 Å². The summed E-state index contributed by atoms with van der Waals surface area (Å²) in [6.45, 7) is 5.87. The van der Waals surface area contributed by atoms with Gasteiger partial charge in [0, 0.05) is 13.5 Å². The van der Waals surface area contributed by atoms with Crippen LogP contribution in [0.3, 0.4) is 0 Å². The topological polar surface area (TPSA) is 38.0 Å². The molecule has 0 fully saturated rings. The van der Waals surface area contributed by atoms with E-state index in [1.807, 2.05) is 52.1 Å². The van der Waals surface area contributed by atoms with E-state index in [-0.39, 0.29) is 0 Å². The van der Waals surface area contributed by atoms with Crippen LogP contribution in [0, 0.1) is 6.92 Å². The third-order valence-electron chi connectivity index (χ3n) is 3.69. The minimum absolute atomic E-state index is 0.443. The molecule has 1 unspecified atom stereocenters. The molecule has 0 saturated heterocycles. The SMILES string of the molecule is CCc1nn(C)c(CC(C)(O)c2ccc(C)cc2)c1Cl. The van der Waals surface area contributed by atoms with Crippen molar-refractivity contribution in [1.82, 2.24) is 9.78 Å². The predicted octanol–water partition coefficient (Wildman–Crippen LogP) is 3.39. The quantitative estimate of drug-likeness (QED) is 0.938. The lowest BCUT2D eigenvalue weighted by atomic mass is 9.90. The first-order chi connectivity index (χ1) is 9.35. The van der Waals surface area contributed by atoms with Crippen molar-refractivity contribution in [1.29, 1.82) is 0 Å². The van der Waals surface area contributed by atoms with Gasteiger partial charge in [-0.1, -0.05) is 48.4 Å². The van der Waals surface area contributed by atoms with Crippen LogP contribution >= 0.6 is 11.6 Å². The smallest absolute Gasteiger partial charge is 0.0924 e. The number of halogens is 1. The summed E-state index contributed by atoms with van der Waals surface area (Å²) in [6, 6.07) is 7.93. The zero-order valence-electron chi connectivity index (χ0n) is 12.4. The second-order valence-corrected chi connectivity index (χ2v) is 5.88. The standard InChI is InChI=1S/C16H21ClN2O/c1-5-13-15(17)14(19(4)18-13)10-16(3,20)12-8-6-11(2)7-9-12/h6-9,20H,5,10H2,1-4H3. The second kappa shape index (κ2) is 5.58. The maximum absolute atomic E-state index is 10.8. The highest BCUT2D eigenvalue weighted by molar-refractivity contribution is 6.31. The number of aromatic nitrogens is 2. The third kappa shape index (κ3) is 2.89. The molecule has 0 radical (unpaired) electrons. The number of hydrogen-bond donors (Lipinski definition) is 1. The summed E-state index contributed by atoms with van der Waals surface area (Å²) in [5.74, 6) is 0. The lowest BCUT2D eigenvalue weighted by Gasteiger charge is -2.24. The molecule has 1 aromatic carbocycles. The summed E-state index contributed by atoms with van der Waals surface area (Å²) in [7, 11) is 1.87. The largest absolute Gasteiger partial charge is 0.385 e. The number of rotatable bonds is 4. The van der Waals surface area contributed by atoms with Crippen molar-refractivity contribution in [2.45, 2.75) is 39.2 Å². The Morgan fingerprint density at radius 3 is 2.40 bits per heavy atom. The minimum Gasteiger partial charge on any atom is -0.385 e. The first-order valence-corrected chi connectivity index (χ1v) is 7.22. The van der Waals surface area contributed by atoms with E-state index in [0.29, 0.717) is 11.4 Å². The normalized spacial score (nSPS) is 14.3. The fourth-order valence-electron chi connectivity index (χ4n) is 2.35. The number of hydrogen-bond acceptors (Lipinski definition) is 2. The van der Waals surface area contributed by atoms with Gasteiger partial charge in [-0.15, -0.1) is 0 Å². The summed E-state index contributed by atoms with van der Waals surface area (Å²) in [5.41, 5.74) is 2.85. The van der Waals surface area contributed by atoms with Crippen LogP contribution in [-0.2, 0) is 25.5 Å². The van der Waals surface area contributed by atoms with E-state index in [2.05, 4.69) is 5.10 Å². The highest BCUT2D eigenvalue weighted by Crippen LogP contribution is 2.30. The van der Waals surface area contributed by atoms with Crippen LogP contribution in [0.15, 0.2) is 24.3 Å². The summed E-state index contributed by atoms with van der Waals surface area (Å²) < 4.78 is 1.77. The highest BCUT2D eigenvalue weighted by atomic mass is 35.5. The van der Waals surface area contributed by atoms with Gasteiger partial charge in [-0.2, -0.15) is 5.10 Å². The van der Waals surface area contributed by atoms with E-state index in [4.69, 9.17) is 11.6 Å². The monoisotopic (exact) mass is 292 g/mol. The molecule has 0 bridgehead atoms. The number of nitrogens with zero attached hydrogens (tertiary/aromatic N) is 2. The molecule has 0 aliphatic carbocycles. The Balaban J connectivity index is 2.32. The Hall–Kier alpha value is -1.32. The zero-order valence-corrected chi connectivity index (χ0v) is 13.2. The molecule has 2 rings (SSSR count). The van der Waals surface area contributed by atoms with E-state index in [9.17, 15) is 5.11 Å². The molecule has 0 amide bonds. The molecule has 0 aliphatic rings. The Labute approximate surface area is 125 Å². The number of aliphatic hydroxyl groups is 1. The van der Waals surface area contributed by atoms with Gasteiger partial charge >= 0.3 is 0 Å². The van der Waals surface area contributed by atoms with Crippen LogP contribution in [0.4, 0.5) is 0 Å². The fraction of sp³-hybridized carbons (Fsp3) is 0.438. The summed E-state index contributed by atoms with van der Waals surface area (Å²) >= 11 is 6.35. The van der Waals surface area contributed by atoms with E-state index in [0.717, 1.165) is 23.4 Å². The molecule has 3 nitrogen and oxygen atoms in total. The highest BCUT2D eigenvalue weighted by Gasteiger charge is 2.27. The van der Waals surface area contributed by atoms with Crippen molar-refractivity contribution < 1.29 is 5.11 Å². The first-order valence-electron chi connectivity index (χ1n) is 6.85. The zero-order chi connectivity index (χ0) is 14.9. The van der Waals surface area contributed by atoms with Crippen LogP contribution < -0.4 is 0 Å². The van der Waals surface area contributed by atoms with Crippen molar-refractivity contribution in [3.05, 3.63) is 51.8 Å². The van der Waals surface area contributed by atoms with Crippen LogP contribution in [0.1, 0.15) is 36.4 Å². The average molecular weight is 293 g/mol. The average Bonchev–Trinajstić information content (AvgIpc) is 2.66. The molecule has 4 heteroatoms. The van der Waals surface area contributed by atoms with Crippen LogP contribution in [-0.4, -0.2) is 14.9 Å². The molecule has 0 aliphatic heterocycles. The van der Waals surface area contributed by atoms with Crippen molar-refractivity contribution in [2.75, 3.05) is 0 Å². The van der Waals surface area contributed by atoms with E-state index in [1.54, 1.807) is 4.68 Å². The van der Waals surface area contributed by atoms with Crippen LogP contribution in [0.25, 0.3) is 0 Å². The fourth-order valence-corrected chi connectivity index (χ4v) is 2.71. The van der Waals surface area contributed by atoms with Gasteiger partial charge in [0.05, 0.1) is 22.0 Å². The van der Waals surface area contributed by atoms with Gasteiger partial charge in [0.15, 0.2) is 0 Å². The minimum atomic E-state index is -0.962. The lowest BCUT2D eigenvalue weighted by Crippen LogP contribution is -2.25. The second-order valence-electron chi connectivity index (χ2n) is 5.50.